The number of nitrogens with zero attached hydrogens (tertiary/aromatic N) is 2. The van der Waals surface area contributed by atoms with E-state index < -0.39 is 5.60 Å². The monoisotopic (exact) mass is 460 g/mol. The molecule has 0 amide bonds. The van der Waals surface area contributed by atoms with Crippen LogP contribution in [0.15, 0.2) is 16.8 Å². The summed E-state index contributed by atoms with van der Waals surface area (Å²) in [5, 5.41) is 27.1. The van der Waals surface area contributed by atoms with Crippen LogP contribution < -0.4 is 0 Å². The lowest BCUT2D eigenvalue weighted by Gasteiger charge is -2.64. The fourth-order valence-corrected chi connectivity index (χ4v) is 8.49. The molecule has 4 rings (SSSR count). The fourth-order valence-electron chi connectivity index (χ4n) is 8.49. The molecule has 4 fully saturated rings. The second kappa shape index (κ2) is 9.62. The minimum atomic E-state index is -0.496. The number of rotatable bonds is 7. The Bertz CT molecular complexity index is 751. The van der Waals surface area contributed by atoms with Gasteiger partial charge in [0.15, 0.2) is 0 Å². The first kappa shape index (κ1) is 25.2. The third kappa shape index (κ3) is 4.43. The van der Waals surface area contributed by atoms with E-state index in [1.165, 1.54) is 24.8 Å². The molecule has 2 N–H and O–H groups in total. The third-order valence-corrected chi connectivity index (χ3v) is 10.6. The highest BCUT2D eigenvalue weighted by Gasteiger charge is 2.65. The molecular formula is C28H48N2O3. The van der Waals surface area contributed by atoms with Gasteiger partial charge in [0.25, 0.3) is 0 Å². The average Bonchev–Trinajstić information content (AvgIpc) is 3.08. The minimum absolute atomic E-state index is 0.0992. The summed E-state index contributed by atoms with van der Waals surface area (Å²) < 4.78 is 0. The molecule has 0 aromatic rings. The summed E-state index contributed by atoms with van der Waals surface area (Å²) in [5.74, 6) is 1.79. The van der Waals surface area contributed by atoms with Crippen molar-refractivity contribution < 1.29 is 15.1 Å². The largest absolute Gasteiger partial charge is 0.394 e. The van der Waals surface area contributed by atoms with Crippen molar-refractivity contribution in [2.45, 2.75) is 96.7 Å². The van der Waals surface area contributed by atoms with Crippen molar-refractivity contribution in [2.75, 3.05) is 27.2 Å². The molecule has 0 spiro atoms. The van der Waals surface area contributed by atoms with Crippen molar-refractivity contribution in [1.82, 2.24) is 4.90 Å². The number of aliphatic hydroxyl groups excluding tert-OH is 1. The normalized spacial score (nSPS) is 45.7. The van der Waals surface area contributed by atoms with Gasteiger partial charge in [-0.2, -0.15) is 0 Å². The van der Waals surface area contributed by atoms with Crippen LogP contribution in [0, 0.1) is 34.5 Å². The van der Waals surface area contributed by atoms with Gasteiger partial charge in [-0.3, -0.25) is 0 Å². The molecule has 8 atom stereocenters. The number of fused-ring (bicyclic) bond motifs is 5. The molecule has 4 saturated carbocycles. The van der Waals surface area contributed by atoms with E-state index in [9.17, 15) is 10.2 Å². The summed E-state index contributed by atoms with van der Waals surface area (Å²) in [7, 11) is 4.06. The second-order valence-corrected chi connectivity index (χ2v) is 12.4. The molecule has 0 radical (unpaired) electrons. The van der Waals surface area contributed by atoms with Crippen LogP contribution in [0.5, 0.6) is 0 Å². The molecule has 0 aromatic heterocycles. The first-order valence-electron chi connectivity index (χ1n) is 13.5. The number of hydrogen-bond acceptors (Lipinski definition) is 5. The molecule has 0 aromatic carbocycles. The Morgan fingerprint density at radius 1 is 1.09 bits per heavy atom. The quantitative estimate of drug-likeness (QED) is 0.318. The van der Waals surface area contributed by atoms with Gasteiger partial charge in [0, 0.05) is 6.54 Å². The standard InChI is InChI=1S/C28H48N2O3/c1-6-20(19-29-33-15-14-30(4)5)16-22-18-23(31)17-21-8-9-25-24(27(21,22)3)10-13-26(2)11-7-12-28(25,26)32/h16,19,21-25,31-32H,6-15,17-18H2,1-5H3/b20-16+,29-19+/t21-,22?,23-,24+,25-,26+,27-,28+/m1/s1. The van der Waals surface area contributed by atoms with Gasteiger partial charge < -0.3 is 20.0 Å². The topological polar surface area (TPSA) is 65.3 Å². The molecule has 5 nitrogen and oxygen atoms in total. The molecule has 188 valence electrons. The van der Waals surface area contributed by atoms with Crippen molar-refractivity contribution in [3.8, 4) is 0 Å². The van der Waals surface area contributed by atoms with E-state index >= 15 is 0 Å². The Morgan fingerprint density at radius 2 is 1.88 bits per heavy atom. The number of likely N-dealkylation sites (N-methyl/N-ethyl adjacent to an activating group) is 1. The number of oxime groups is 1. The maximum absolute atomic E-state index is 12.0. The SMILES string of the molecule is CCC(/C=N/OCCN(C)C)=C\C1C[C@H](O)C[C@H]2CC[C@@H]3[C@H](CC[C@]4(C)CCC[C@]34O)[C@@]12C. The highest BCUT2D eigenvalue weighted by Crippen LogP contribution is 2.68. The van der Waals surface area contributed by atoms with Crippen LogP contribution in [-0.4, -0.2) is 60.3 Å². The Kier molecular flexibility index (Phi) is 7.34. The summed E-state index contributed by atoms with van der Waals surface area (Å²) in [4.78, 5) is 7.57. The van der Waals surface area contributed by atoms with Crippen molar-refractivity contribution in [3.05, 3.63) is 11.6 Å². The van der Waals surface area contributed by atoms with Crippen LogP contribution >= 0.6 is 0 Å². The van der Waals surface area contributed by atoms with Crippen LogP contribution in [0.4, 0.5) is 0 Å². The van der Waals surface area contributed by atoms with Crippen molar-refractivity contribution >= 4 is 6.21 Å². The van der Waals surface area contributed by atoms with E-state index in [1.54, 1.807) is 0 Å². The van der Waals surface area contributed by atoms with E-state index in [2.05, 4.69) is 36.9 Å². The zero-order valence-corrected chi connectivity index (χ0v) is 21.7. The van der Waals surface area contributed by atoms with Crippen LogP contribution in [0.3, 0.4) is 0 Å². The van der Waals surface area contributed by atoms with E-state index in [0.717, 1.165) is 51.5 Å². The molecule has 0 aliphatic heterocycles. The predicted octanol–water partition coefficient (Wildman–Crippen LogP) is 5.02. The lowest BCUT2D eigenvalue weighted by molar-refractivity contribution is -0.211. The van der Waals surface area contributed by atoms with Gasteiger partial charge >= 0.3 is 0 Å². The lowest BCUT2D eigenvalue weighted by atomic mass is 9.41. The number of hydrogen-bond donors (Lipinski definition) is 2. The molecule has 0 saturated heterocycles. The fraction of sp³-hybridized carbons (Fsp3) is 0.893. The van der Waals surface area contributed by atoms with Gasteiger partial charge in [-0.05, 0) is 118 Å². The zero-order chi connectivity index (χ0) is 23.9. The summed E-state index contributed by atoms with van der Waals surface area (Å²) in [5.41, 5.74) is 0.925. The van der Waals surface area contributed by atoms with Gasteiger partial charge in [0.2, 0.25) is 0 Å². The van der Waals surface area contributed by atoms with Crippen LogP contribution in [0.2, 0.25) is 0 Å². The van der Waals surface area contributed by atoms with E-state index in [1.807, 2.05) is 20.3 Å². The zero-order valence-electron chi connectivity index (χ0n) is 21.7. The highest BCUT2D eigenvalue weighted by molar-refractivity contribution is 5.77. The van der Waals surface area contributed by atoms with Crippen LogP contribution in [-0.2, 0) is 4.84 Å². The molecule has 5 heteroatoms. The summed E-state index contributed by atoms with van der Waals surface area (Å²) >= 11 is 0. The summed E-state index contributed by atoms with van der Waals surface area (Å²) in [6.45, 7) is 8.47. The molecule has 4 aliphatic rings. The van der Waals surface area contributed by atoms with Crippen molar-refractivity contribution in [3.63, 3.8) is 0 Å². The van der Waals surface area contributed by atoms with Gasteiger partial charge in [0.05, 0.1) is 17.9 Å². The number of allylic oxidation sites excluding steroid dienone is 2. The van der Waals surface area contributed by atoms with Crippen LogP contribution in [0.1, 0.15) is 85.0 Å². The lowest BCUT2D eigenvalue weighted by Crippen LogP contribution is -2.62. The van der Waals surface area contributed by atoms with E-state index in [-0.39, 0.29) is 16.9 Å². The van der Waals surface area contributed by atoms with Gasteiger partial charge in [0.1, 0.15) is 6.61 Å². The third-order valence-electron chi connectivity index (χ3n) is 10.6. The Labute approximate surface area is 201 Å². The molecule has 1 unspecified atom stereocenters. The molecule has 0 heterocycles. The second-order valence-electron chi connectivity index (χ2n) is 12.4. The number of aliphatic hydroxyl groups is 2. The summed E-state index contributed by atoms with van der Waals surface area (Å²) in [6, 6.07) is 0. The van der Waals surface area contributed by atoms with Crippen molar-refractivity contribution in [1.29, 1.82) is 0 Å². The molecule has 4 aliphatic carbocycles. The Balaban J connectivity index is 1.59. The average molecular weight is 461 g/mol. The molecular weight excluding hydrogens is 412 g/mol. The first-order valence-corrected chi connectivity index (χ1v) is 13.5. The molecule has 0 bridgehead atoms. The maximum atomic E-state index is 12.0. The predicted molar refractivity (Wildman–Crippen MR) is 134 cm³/mol. The van der Waals surface area contributed by atoms with Gasteiger partial charge in [-0.1, -0.05) is 32.0 Å². The highest BCUT2D eigenvalue weighted by atomic mass is 16.6. The smallest absolute Gasteiger partial charge is 0.129 e. The maximum Gasteiger partial charge on any atom is 0.129 e. The van der Waals surface area contributed by atoms with Gasteiger partial charge in [-0.25, -0.2) is 0 Å². The molecule has 33 heavy (non-hydrogen) atoms. The van der Waals surface area contributed by atoms with E-state index in [4.69, 9.17) is 4.84 Å². The minimum Gasteiger partial charge on any atom is -0.394 e. The summed E-state index contributed by atoms with van der Waals surface area (Å²) in [6.07, 6.45) is 14.7. The van der Waals surface area contributed by atoms with Crippen LogP contribution in [0.25, 0.3) is 0 Å². The van der Waals surface area contributed by atoms with Crippen molar-refractivity contribution in [2.24, 2.45) is 39.7 Å². The van der Waals surface area contributed by atoms with Gasteiger partial charge in [-0.15, -0.1) is 0 Å². The Hall–Kier alpha value is -0.910. The first-order chi connectivity index (χ1) is 15.6. The van der Waals surface area contributed by atoms with E-state index in [0.29, 0.717) is 30.3 Å². The Morgan fingerprint density at radius 3 is 2.61 bits per heavy atom.